The zero-order valence-electron chi connectivity index (χ0n) is 17.0. The van der Waals surface area contributed by atoms with E-state index < -0.39 is 10.0 Å². The summed E-state index contributed by atoms with van der Waals surface area (Å²) in [7, 11) is -3.56. The highest BCUT2D eigenvalue weighted by molar-refractivity contribution is 7.91. The van der Waals surface area contributed by atoms with Crippen LogP contribution in [0.5, 0.6) is 0 Å². The van der Waals surface area contributed by atoms with Gasteiger partial charge in [-0.1, -0.05) is 19.1 Å². The van der Waals surface area contributed by atoms with E-state index in [0.29, 0.717) is 41.0 Å². The SMILES string of the molecule is CCc1ccc(C)c(N2CCN(S(=O)(=O)c3ccc(-c4ccc(=O)[nH]n4)s3)CC2)c1. The fourth-order valence-electron chi connectivity index (χ4n) is 3.59. The van der Waals surface area contributed by atoms with E-state index in [4.69, 9.17) is 0 Å². The van der Waals surface area contributed by atoms with Crippen LogP contribution in [0, 0.1) is 6.92 Å². The van der Waals surface area contributed by atoms with E-state index in [1.54, 1.807) is 22.5 Å². The zero-order valence-corrected chi connectivity index (χ0v) is 18.6. The van der Waals surface area contributed by atoms with Gasteiger partial charge >= 0.3 is 0 Å². The molecule has 1 fully saturated rings. The summed E-state index contributed by atoms with van der Waals surface area (Å²) in [4.78, 5) is 14.2. The van der Waals surface area contributed by atoms with E-state index in [1.807, 2.05) is 0 Å². The first kappa shape index (κ1) is 20.8. The first-order valence-electron chi connectivity index (χ1n) is 9.89. The molecule has 0 spiro atoms. The Bertz CT molecular complexity index is 1190. The third-order valence-electron chi connectivity index (χ3n) is 5.37. The average molecular weight is 445 g/mol. The first-order chi connectivity index (χ1) is 14.4. The predicted molar refractivity (Wildman–Crippen MR) is 120 cm³/mol. The summed E-state index contributed by atoms with van der Waals surface area (Å²) in [6, 6.07) is 12.8. The van der Waals surface area contributed by atoms with Gasteiger partial charge in [-0.3, -0.25) is 4.79 Å². The maximum Gasteiger partial charge on any atom is 0.264 e. The Hall–Kier alpha value is -2.49. The second-order valence-electron chi connectivity index (χ2n) is 7.29. The first-order valence-corrected chi connectivity index (χ1v) is 12.1. The summed E-state index contributed by atoms with van der Waals surface area (Å²) in [6.07, 6.45) is 0.979. The van der Waals surface area contributed by atoms with Crippen molar-refractivity contribution in [3.05, 3.63) is 63.9 Å². The maximum absolute atomic E-state index is 13.1. The van der Waals surface area contributed by atoms with Crippen LogP contribution in [0.25, 0.3) is 10.6 Å². The smallest absolute Gasteiger partial charge is 0.264 e. The molecule has 158 valence electrons. The van der Waals surface area contributed by atoms with Crippen molar-refractivity contribution in [2.75, 3.05) is 31.1 Å². The molecule has 1 saturated heterocycles. The fraction of sp³-hybridized carbons (Fsp3) is 0.333. The lowest BCUT2D eigenvalue weighted by molar-refractivity contribution is 0.385. The fourth-order valence-corrected chi connectivity index (χ4v) is 6.44. The molecule has 1 aliphatic heterocycles. The molecule has 1 aliphatic rings. The molecule has 30 heavy (non-hydrogen) atoms. The van der Waals surface area contributed by atoms with E-state index >= 15 is 0 Å². The summed E-state index contributed by atoms with van der Waals surface area (Å²) in [5.74, 6) is 0. The number of benzene rings is 1. The molecule has 9 heteroatoms. The number of sulfonamides is 1. The minimum Gasteiger partial charge on any atom is -0.369 e. The molecular weight excluding hydrogens is 420 g/mol. The maximum atomic E-state index is 13.1. The Kier molecular flexibility index (Phi) is 5.77. The summed E-state index contributed by atoms with van der Waals surface area (Å²) in [5, 5.41) is 6.36. The van der Waals surface area contributed by atoms with Gasteiger partial charge in [-0.25, -0.2) is 13.5 Å². The van der Waals surface area contributed by atoms with Gasteiger partial charge in [0.15, 0.2) is 0 Å². The molecule has 0 bridgehead atoms. The predicted octanol–water partition coefficient (Wildman–Crippen LogP) is 2.88. The largest absolute Gasteiger partial charge is 0.369 e. The van der Waals surface area contributed by atoms with Gasteiger partial charge in [0.2, 0.25) is 0 Å². The van der Waals surface area contributed by atoms with Crippen molar-refractivity contribution in [1.29, 1.82) is 0 Å². The molecule has 4 rings (SSSR count). The minimum atomic E-state index is -3.56. The number of piperazine rings is 1. The summed E-state index contributed by atoms with van der Waals surface area (Å²) in [5.41, 5.74) is 3.94. The number of hydrogen-bond donors (Lipinski definition) is 1. The van der Waals surface area contributed by atoms with Gasteiger partial charge in [0.25, 0.3) is 15.6 Å². The number of nitrogens with one attached hydrogen (secondary N) is 1. The molecule has 2 aromatic heterocycles. The van der Waals surface area contributed by atoms with Crippen LogP contribution < -0.4 is 10.5 Å². The molecule has 0 amide bonds. The lowest BCUT2D eigenvalue weighted by Gasteiger charge is -2.36. The van der Waals surface area contributed by atoms with Crippen molar-refractivity contribution in [3.8, 4) is 10.6 Å². The third kappa shape index (κ3) is 4.05. The van der Waals surface area contributed by atoms with Crippen LogP contribution in [0.2, 0.25) is 0 Å². The van der Waals surface area contributed by atoms with Crippen molar-refractivity contribution in [3.63, 3.8) is 0 Å². The number of aromatic nitrogens is 2. The van der Waals surface area contributed by atoms with E-state index in [9.17, 15) is 13.2 Å². The number of anilines is 1. The number of aryl methyl sites for hydroxylation is 2. The highest BCUT2D eigenvalue weighted by Gasteiger charge is 2.30. The Labute approximate surface area is 180 Å². The third-order valence-corrected chi connectivity index (χ3v) is 8.84. The van der Waals surface area contributed by atoms with Gasteiger partial charge in [-0.05, 0) is 48.7 Å². The van der Waals surface area contributed by atoms with Gasteiger partial charge in [-0.15, -0.1) is 11.3 Å². The minimum absolute atomic E-state index is 0.291. The number of aromatic amines is 1. The Morgan fingerprint density at radius 3 is 2.50 bits per heavy atom. The molecule has 0 unspecified atom stereocenters. The molecule has 1 N–H and O–H groups in total. The standard InChI is InChI=1S/C21H24N4O3S2/c1-3-16-5-4-15(2)18(14-16)24-10-12-25(13-11-24)30(27,28)21-9-7-19(29-21)17-6-8-20(26)23-22-17/h4-9,14H,3,10-13H2,1-2H3,(H,23,26). The van der Waals surface area contributed by atoms with E-state index in [0.717, 1.165) is 6.42 Å². The number of rotatable bonds is 5. The molecule has 3 heterocycles. The highest BCUT2D eigenvalue weighted by Crippen LogP contribution is 2.32. The number of thiophene rings is 1. The molecule has 7 nitrogen and oxygen atoms in total. The Morgan fingerprint density at radius 1 is 1.07 bits per heavy atom. The van der Waals surface area contributed by atoms with Gasteiger partial charge in [0.05, 0.1) is 4.88 Å². The molecule has 0 saturated carbocycles. The Balaban J connectivity index is 1.49. The summed E-state index contributed by atoms with van der Waals surface area (Å²) < 4.78 is 28.1. The van der Waals surface area contributed by atoms with Crippen molar-refractivity contribution in [2.24, 2.45) is 0 Å². The van der Waals surface area contributed by atoms with Gasteiger partial charge in [0.1, 0.15) is 9.90 Å². The van der Waals surface area contributed by atoms with Crippen molar-refractivity contribution in [1.82, 2.24) is 14.5 Å². The topological polar surface area (TPSA) is 86.4 Å². The zero-order chi connectivity index (χ0) is 21.3. The van der Waals surface area contributed by atoms with Gasteiger partial charge in [-0.2, -0.15) is 9.40 Å². The normalized spacial score (nSPS) is 15.5. The molecule has 1 aromatic carbocycles. The summed E-state index contributed by atoms with van der Waals surface area (Å²) in [6.45, 7) is 6.44. The average Bonchev–Trinajstić information content (AvgIpc) is 3.26. The monoisotopic (exact) mass is 444 g/mol. The van der Waals surface area contributed by atoms with Crippen LogP contribution in [-0.4, -0.2) is 49.1 Å². The van der Waals surface area contributed by atoms with E-state index in [1.165, 1.54) is 34.2 Å². The van der Waals surface area contributed by atoms with Gasteiger partial charge in [0, 0.05) is 37.9 Å². The van der Waals surface area contributed by atoms with Crippen LogP contribution in [0.15, 0.2) is 51.5 Å². The number of nitrogens with zero attached hydrogens (tertiary/aromatic N) is 3. The molecule has 0 atom stereocenters. The molecule has 0 radical (unpaired) electrons. The van der Waals surface area contributed by atoms with Crippen LogP contribution in [0.1, 0.15) is 18.1 Å². The second kappa shape index (κ2) is 8.33. The second-order valence-corrected chi connectivity index (χ2v) is 10.5. The molecule has 3 aromatic rings. The quantitative estimate of drug-likeness (QED) is 0.654. The van der Waals surface area contributed by atoms with Crippen molar-refractivity contribution >= 4 is 27.0 Å². The molecule has 0 aliphatic carbocycles. The molecular formula is C21H24N4O3S2. The van der Waals surface area contributed by atoms with Crippen LogP contribution in [-0.2, 0) is 16.4 Å². The van der Waals surface area contributed by atoms with Crippen LogP contribution in [0.4, 0.5) is 5.69 Å². The number of H-pyrrole nitrogens is 1. The van der Waals surface area contributed by atoms with Crippen molar-refractivity contribution in [2.45, 2.75) is 24.5 Å². The van der Waals surface area contributed by atoms with Crippen molar-refractivity contribution < 1.29 is 8.42 Å². The van der Waals surface area contributed by atoms with Crippen LogP contribution in [0.3, 0.4) is 0 Å². The van der Waals surface area contributed by atoms with E-state index in [-0.39, 0.29) is 5.56 Å². The Morgan fingerprint density at radius 2 is 1.83 bits per heavy atom. The van der Waals surface area contributed by atoms with Gasteiger partial charge < -0.3 is 4.90 Å². The lowest BCUT2D eigenvalue weighted by Crippen LogP contribution is -2.48. The number of hydrogen-bond acceptors (Lipinski definition) is 6. The summed E-state index contributed by atoms with van der Waals surface area (Å²) >= 11 is 1.17. The van der Waals surface area contributed by atoms with E-state index in [2.05, 4.69) is 47.1 Å². The highest BCUT2D eigenvalue weighted by atomic mass is 32.2. The van der Waals surface area contributed by atoms with Crippen LogP contribution >= 0.6 is 11.3 Å². The lowest BCUT2D eigenvalue weighted by atomic mass is 10.1.